The maximum absolute atomic E-state index is 11.3. The fourth-order valence-electron chi connectivity index (χ4n) is 2.00. The lowest BCUT2D eigenvalue weighted by atomic mass is 10.1. The maximum atomic E-state index is 11.3. The van der Waals surface area contributed by atoms with Gasteiger partial charge in [0.2, 0.25) is 0 Å². The van der Waals surface area contributed by atoms with Crippen molar-refractivity contribution in [2.45, 2.75) is 26.3 Å². The second kappa shape index (κ2) is 4.53. The first-order valence-corrected chi connectivity index (χ1v) is 5.38. The molecule has 0 saturated carbocycles. The van der Waals surface area contributed by atoms with Crippen LogP contribution in [0.5, 0.6) is 0 Å². The number of rotatable bonds is 2. The average Bonchev–Trinajstić information content (AvgIpc) is 2.17. The number of nitrogens with zero attached hydrogens (tertiary/aromatic N) is 2. The van der Waals surface area contributed by atoms with Gasteiger partial charge < -0.3 is 0 Å². The zero-order valence-corrected chi connectivity index (χ0v) is 9.07. The molecule has 0 N–H and O–H groups in total. The Labute approximate surface area is 90.1 Å². The first kappa shape index (κ1) is 10.3. The Morgan fingerprint density at radius 3 is 3.07 bits per heavy atom. The second-order valence-corrected chi connectivity index (χ2v) is 4.22. The third-order valence-corrected chi connectivity index (χ3v) is 2.67. The Kier molecular flexibility index (Phi) is 3.11. The van der Waals surface area contributed by atoms with E-state index in [-0.39, 0.29) is 0 Å². The summed E-state index contributed by atoms with van der Waals surface area (Å²) in [5.41, 5.74) is 2.38. The molecule has 0 aliphatic carbocycles. The molecular weight excluding hydrogens is 188 g/mol. The van der Waals surface area contributed by atoms with Crippen LogP contribution in [-0.4, -0.2) is 28.8 Å². The minimum atomic E-state index is 0.363. The normalized spacial score (nSPS) is 18.1. The molecule has 1 aliphatic rings. The van der Waals surface area contributed by atoms with E-state index < -0.39 is 0 Å². The van der Waals surface area contributed by atoms with Crippen molar-refractivity contribution >= 4 is 5.78 Å². The highest BCUT2D eigenvalue weighted by molar-refractivity contribution is 5.81. The molecule has 0 aromatic carbocycles. The van der Waals surface area contributed by atoms with Gasteiger partial charge in [-0.15, -0.1) is 0 Å². The lowest BCUT2D eigenvalue weighted by Crippen LogP contribution is -2.35. The Morgan fingerprint density at radius 2 is 2.33 bits per heavy atom. The largest absolute Gasteiger partial charge is 0.298 e. The first-order chi connectivity index (χ1) is 7.24. The molecule has 15 heavy (non-hydrogen) atoms. The molecular formula is C12H16N2O. The summed E-state index contributed by atoms with van der Waals surface area (Å²) >= 11 is 0. The van der Waals surface area contributed by atoms with Crippen molar-refractivity contribution in [3.05, 3.63) is 29.6 Å². The molecule has 1 fully saturated rings. The maximum Gasteiger partial charge on any atom is 0.146 e. The van der Waals surface area contributed by atoms with Gasteiger partial charge in [0.15, 0.2) is 0 Å². The van der Waals surface area contributed by atoms with E-state index in [1.165, 1.54) is 11.1 Å². The molecule has 0 radical (unpaired) electrons. The topological polar surface area (TPSA) is 33.2 Å². The van der Waals surface area contributed by atoms with Crippen LogP contribution in [0.1, 0.15) is 24.0 Å². The summed E-state index contributed by atoms with van der Waals surface area (Å²) in [5.74, 6) is 0.363. The lowest BCUT2D eigenvalue weighted by molar-refractivity contribution is -0.122. The quantitative estimate of drug-likeness (QED) is 0.733. The van der Waals surface area contributed by atoms with Gasteiger partial charge in [-0.3, -0.25) is 14.7 Å². The monoisotopic (exact) mass is 204 g/mol. The number of piperidine rings is 1. The highest BCUT2D eigenvalue weighted by atomic mass is 16.1. The number of aromatic nitrogens is 1. The molecule has 0 unspecified atom stereocenters. The predicted molar refractivity (Wildman–Crippen MR) is 58.5 cm³/mol. The molecule has 80 valence electrons. The van der Waals surface area contributed by atoms with Crippen LogP contribution >= 0.6 is 0 Å². The number of ketones is 1. The summed E-state index contributed by atoms with van der Waals surface area (Å²) in [6.45, 7) is 4.52. The molecule has 1 aliphatic heterocycles. The van der Waals surface area contributed by atoms with Gasteiger partial charge in [-0.1, -0.05) is 6.07 Å². The summed E-state index contributed by atoms with van der Waals surface area (Å²) in [6, 6.07) is 2.13. The van der Waals surface area contributed by atoms with Crippen molar-refractivity contribution in [3.63, 3.8) is 0 Å². The first-order valence-electron chi connectivity index (χ1n) is 5.38. The predicted octanol–water partition coefficient (Wildman–Crippen LogP) is 1.55. The van der Waals surface area contributed by atoms with Crippen LogP contribution in [0.4, 0.5) is 0 Å². The number of hydrogen-bond acceptors (Lipinski definition) is 3. The smallest absolute Gasteiger partial charge is 0.146 e. The van der Waals surface area contributed by atoms with E-state index in [1.807, 2.05) is 19.3 Å². The van der Waals surface area contributed by atoms with Crippen LogP contribution in [0.3, 0.4) is 0 Å². The van der Waals surface area contributed by atoms with Crippen molar-refractivity contribution in [2.75, 3.05) is 13.1 Å². The minimum absolute atomic E-state index is 0.363. The third kappa shape index (κ3) is 2.86. The number of Topliss-reactive ketones (excluding diaryl/α,β-unsaturated/α-hetero) is 1. The van der Waals surface area contributed by atoms with E-state index in [2.05, 4.69) is 16.0 Å². The highest BCUT2D eigenvalue weighted by Gasteiger charge is 2.16. The van der Waals surface area contributed by atoms with E-state index in [4.69, 9.17) is 0 Å². The van der Waals surface area contributed by atoms with Crippen LogP contribution in [0.25, 0.3) is 0 Å². The summed E-state index contributed by atoms with van der Waals surface area (Å²) in [6.07, 6.45) is 5.48. The van der Waals surface area contributed by atoms with Gasteiger partial charge in [0.1, 0.15) is 5.78 Å². The van der Waals surface area contributed by atoms with E-state index in [0.29, 0.717) is 12.3 Å². The molecule has 2 heterocycles. The van der Waals surface area contributed by atoms with E-state index in [0.717, 1.165) is 25.9 Å². The molecule has 1 aromatic rings. The molecule has 2 rings (SSSR count). The van der Waals surface area contributed by atoms with Crippen molar-refractivity contribution in [1.82, 2.24) is 9.88 Å². The molecule has 0 atom stereocenters. The number of pyridine rings is 1. The van der Waals surface area contributed by atoms with Crippen LogP contribution in [0.15, 0.2) is 18.5 Å². The van der Waals surface area contributed by atoms with Crippen LogP contribution in [0.2, 0.25) is 0 Å². The van der Waals surface area contributed by atoms with Gasteiger partial charge in [-0.05, 0) is 31.0 Å². The fraction of sp³-hybridized carbons (Fsp3) is 0.500. The molecule has 0 spiro atoms. The minimum Gasteiger partial charge on any atom is -0.298 e. The highest BCUT2D eigenvalue weighted by Crippen LogP contribution is 2.11. The molecule has 1 aromatic heterocycles. The Balaban J connectivity index is 1.99. The van der Waals surface area contributed by atoms with Crippen LogP contribution in [0, 0.1) is 6.92 Å². The zero-order chi connectivity index (χ0) is 10.7. The van der Waals surface area contributed by atoms with Gasteiger partial charge >= 0.3 is 0 Å². The van der Waals surface area contributed by atoms with Crippen molar-refractivity contribution in [3.8, 4) is 0 Å². The average molecular weight is 204 g/mol. The molecule has 0 bridgehead atoms. The standard InChI is InChI=1S/C12H16N2O/c1-10-5-11(7-13-6-10)8-14-4-2-3-12(15)9-14/h5-7H,2-4,8-9H2,1H3. The van der Waals surface area contributed by atoms with Crippen LogP contribution in [-0.2, 0) is 11.3 Å². The summed E-state index contributed by atoms with van der Waals surface area (Å²) < 4.78 is 0. The number of hydrogen-bond donors (Lipinski definition) is 0. The van der Waals surface area contributed by atoms with Crippen molar-refractivity contribution < 1.29 is 4.79 Å². The number of aryl methyl sites for hydroxylation is 1. The molecule has 3 nitrogen and oxygen atoms in total. The zero-order valence-electron chi connectivity index (χ0n) is 9.07. The lowest BCUT2D eigenvalue weighted by Gasteiger charge is -2.25. The molecule has 3 heteroatoms. The van der Waals surface area contributed by atoms with Crippen molar-refractivity contribution in [1.29, 1.82) is 0 Å². The summed E-state index contributed by atoms with van der Waals surface area (Å²) in [4.78, 5) is 17.6. The Hall–Kier alpha value is -1.22. The van der Waals surface area contributed by atoms with Crippen molar-refractivity contribution in [2.24, 2.45) is 0 Å². The van der Waals surface area contributed by atoms with Gasteiger partial charge in [0.05, 0.1) is 6.54 Å². The number of carbonyl (C=O) groups excluding carboxylic acids is 1. The number of carbonyl (C=O) groups is 1. The van der Waals surface area contributed by atoms with Gasteiger partial charge in [0.25, 0.3) is 0 Å². The van der Waals surface area contributed by atoms with Crippen LogP contribution < -0.4 is 0 Å². The van der Waals surface area contributed by atoms with Gasteiger partial charge in [-0.25, -0.2) is 0 Å². The van der Waals surface area contributed by atoms with E-state index in [9.17, 15) is 4.79 Å². The summed E-state index contributed by atoms with van der Waals surface area (Å²) in [5, 5.41) is 0. The second-order valence-electron chi connectivity index (χ2n) is 4.22. The van der Waals surface area contributed by atoms with Gasteiger partial charge in [0, 0.05) is 25.4 Å². The van der Waals surface area contributed by atoms with E-state index >= 15 is 0 Å². The molecule has 0 amide bonds. The van der Waals surface area contributed by atoms with Gasteiger partial charge in [-0.2, -0.15) is 0 Å². The Bertz CT molecular complexity index is 362. The fourth-order valence-corrected chi connectivity index (χ4v) is 2.00. The van der Waals surface area contributed by atoms with E-state index in [1.54, 1.807) is 0 Å². The Morgan fingerprint density at radius 1 is 1.47 bits per heavy atom. The molecule has 1 saturated heterocycles. The third-order valence-electron chi connectivity index (χ3n) is 2.67. The number of likely N-dealkylation sites (tertiary alicyclic amines) is 1. The summed E-state index contributed by atoms with van der Waals surface area (Å²) in [7, 11) is 0. The SMILES string of the molecule is Cc1cncc(CN2CCCC(=O)C2)c1.